The highest BCUT2D eigenvalue weighted by atomic mass is 16.3. The summed E-state index contributed by atoms with van der Waals surface area (Å²) in [5.41, 5.74) is 8.61. The first-order valence-corrected chi connectivity index (χ1v) is 6.66. The third kappa shape index (κ3) is 2.36. The largest absolute Gasteiger partial charge is 0.456 e. The van der Waals surface area contributed by atoms with E-state index in [1.165, 1.54) is 6.07 Å². The van der Waals surface area contributed by atoms with Crippen LogP contribution in [-0.2, 0) is 0 Å². The molecule has 0 saturated carbocycles. The Balaban J connectivity index is 2.15. The Morgan fingerprint density at radius 2 is 1.76 bits per heavy atom. The van der Waals surface area contributed by atoms with Crippen molar-refractivity contribution in [2.75, 3.05) is 24.7 Å². The van der Waals surface area contributed by atoms with Crippen molar-refractivity contribution in [3.05, 3.63) is 58.8 Å². The van der Waals surface area contributed by atoms with Crippen LogP contribution in [0.4, 0.5) is 11.4 Å². The van der Waals surface area contributed by atoms with Gasteiger partial charge in [0.1, 0.15) is 11.3 Å². The molecule has 0 bridgehead atoms. The Morgan fingerprint density at radius 1 is 1.05 bits per heavy atom. The molecule has 0 spiro atoms. The molecule has 0 aliphatic heterocycles. The van der Waals surface area contributed by atoms with E-state index in [1.54, 1.807) is 18.2 Å². The standard InChI is InChI=1S/C17H16N2O2/c1-19(2)12-8-6-11(7-9-12)16-10-14(20)17-13(18)4-3-5-15(17)21-16/h3-10H,18H2,1-2H3. The van der Waals surface area contributed by atoms with Crippen molar-refractivity contribution in [2.24, 2.45) is 0 Å². The van der Waals surface area contributed by atoms with Crippen LogP contribution in [0.1, 0.15) is 0 Å². The normalized spacial score (nSPS) is 10.8. The first-order valence-electron chi connectivity index (χ1n) is 6.66. The average molecular weight is 280 g/mol. The topological polar surface area (TPSA) is 59.5 Å². The Morgan fingerprint density at radius 3 is 2.43 bits per heavy atom. The van der Waals surface area contributed by atoms with Gasteiger partial charge in [0.25, 0.3) is 0 Å². The van der Waals surface area contributed by atoms with E-state index in [-0.39, 0.29) is 5.43 Å². The molecule has 0 fully saturated rings. The predicted octanol–water partition coefficient (Wildman–Crippen LogP) is 3.11. The lowest BCUT2D eigenvalue weighted by molar-refractivity contribution is 0.619. The Hall–Kier alpha value is -2.75. The van der Waals surface area contributed by atoms with Gasteiger partial charge >= 0.3 is 0 Å². The Labute approximate surface area is 122 Å². The maximum absolute atomic E-state index is 12.2. The molecule has 2 aromatic carbocycles. The van der Waals surface area contributed by atoms with Crippen LogP contribution in [0.15, 0.2) is 57.7 Å². The van der Waals surface area contributed by atoms with Gasteiger partial charge in [-0.1, -0.05) is 6.07 Å². The first kappa shape index (κ1) is 13.2. The van der Waals surface area contributed by atoms with Crippen LogP contribution in [0, 0.1) is 0 Å². The lowest BCUT2D eigenvalue weighted by Crippen LogP contribution is -2.08. The minimum atomic E-state index is -0.124. The summed E-state index contributed by atoms with van der Waals surface area (Å²) in [6.07, 6.45) is 0. The molecule has 3 aromatic rings. The third-order valence-electron chi connectivity index (χ3n) is 3.46. The summed E-state index contributed by atoms with van der Waals surface area (Å²) in [5.74, 6) is 0.545. The summed E-state index contributed by atoms with van der Waals surface area (Å²) in [6.45, 7) is 0. The van der Waals surface area contributed by atoms with Crippen LogP contribution in [0.5, 0.6) is 0 Å². The van der Waals surface area contributed by atoms with Crippen molar-refractivity contribution >= 4 is 22.3 Å². The van der Waals surface area contributed by atoms with E-state index < -0.39 is 0 Å². The molecule has 0 saturated heterocycles. The molecular weight excluding hydrogens is 264 g/mol. The number of benzene rings is 2. The van der Waals surface area contributed by atoms with E-state index in [9.17, 15) is 4.79 Å². The summed E-state index contributed by atoms with van der Waals surface area (Å²) in [7, 11) is 3.96. The number of nitrogens with zero attached hydrogens (tertiary/aromatic N) is 1. The van der Waals surface area contributed by atoms with Crippen molar-refractivity contribution < 1.29 is 4.42 Å². The smallest absolute Gasteiger partial charge is 0.195 e. The second-order valence-electron chi connectivity index (χ2n) is 5.14. The van der Waals surface area contributed by atoms with Gasteiger partial charge in [0.2, 0.25) is 0 Å². The molecule has 21 heavy (non-hydrogen) atoms. The van der Waals surface area contributed by atoms with Crippen LogP contribution in [0.3, 0.4) is 0 Å². The predicted molar refractivity (Wildman–Crippen MR) is 86.7 cm³/mol. The number of hydrogen-bond acceptors (Lipinski definition) is 4. The molecule has 4 heteroatoms. The molecule has 0 aliphatic rings. The number of rotatable bonds is 2. The molecule has 2 N–H and O–H groups in total. The van der Waals surface area contributed by atoms with Crippen LogP contribution < -0.4 is 16.1 Å². The van der Waals surface area contributed by atoms with Crippen molar-refractivity contribution in [3.8, 4) is 11.3 Å². The zero-order valence-corrected chi connectivity index (χ0v) is 12.0. The molecule has 0 amide bonds. The van der Waals surface area contributed by atoms with Gasteiger partial charge in [-0.3, -0.25) is 4.79 Å². The minimum absolute atomic E-state index is 0.124. The van der Waals surface area contributed by atoms with E-state index in [1.807, 2.05) is 43.3 Å². The van der Waals surface area contributed by atoms with Gasteiger partial charge in [-0.2, -0.15) is 0 Å². The highest BCUT2D eigenvalue weighted by molar-refractivity contribution is 5.89. The molecule has 4 nitrogen and oxygen atoms in total. The van der Waals surface area contributed by atoms with Crippen molar-refractivity contribution in [1.82, 2.24) is 0 Å². The zero-order chi connectivity index (χ0) is 15.0. The fourth-order valence-corrected chi connectivity index (χ4v) is 2.30. The molecular formula is C17H16N2O2. The summed E-state index contributed by atoms with van der Waals surface area (Å²) in [5, 5.41) is 0.436. The third-order valence-corrected chi connectivity index (χ3v) is 3.46. The van der Waals surface area contributed by atoms with Crippen molar-refractivity contribution in [2.45, 2.75) is 0 Å². The molecule has 1 aromatic heterocycles. The Bertz CT molecular complexity index is 849. The van der Waals surface area contributed by atoms with Gasteiger partial charge in [-0.05, 0) is 36.4 Å². The summed E-state index contributed by atoms with van der Waals surface area (Å²) in [4.78, 5) is 14.2. The highest BCUT2D eigenvalue weighted by Crippen LogP contribution is 2.26. The van der Waals surface area contributed by atoms with Crippen molar-refractivity contribution in [3.63, 3.8) is 0 Å². The maximum atomic E-state index is 12.2. The summed E-state index contributed by atoms with van der Waals surface area (Å²) < 4.78 is 5.82. The molecule has 3 rings (SSSR count). The van der Waals surface area contributed by atoms with Gasteiger partial charge in [0.05, 0.1) is 5.39 Å². The zero-order valence-electron chi connectivity index (χ0n) is 12.0. The SMILES string of the molecule is CN(C)c1ccc(-c2cc(=O)c3c(N)cccc3o2)cc1. The minimum Gasteiger partial charge on any atom is -0.456 e. The Kier molecular flexibility index (Phi) is 3.14. The van der Waals surface area contributed by atoms with E-state index in [0.717, 1.165) is 11.3 Å². The van der Waals surface area contributed by atoms with Crippen LogP contribution in [-0.4, -0.2) is 14.1 Å². The van der Waals surface area contributed by atoms with Gasteiger partial charge in [-0.15, -0.1) is 0 Å². The first-order chi connectivity index (χ1) is 10.1. The molecule has 106 valence electrons. The monoisotopic (exact) mass is 280 g/mol. The van der Waals surface area contributed by atoms with Gasteiger partial charge in [-0.25, -0.2) is 0 Å². The van der Waals surface area contributed by atoms with Crippen LogP contribution >= 0.6 is 0 Å². The van der Waals surface area contributed by atoms with Gasteiger partial charge < -0.3 is 15.1 Å². The van der Waals surface area contributed by atoms with Gasteiger partial charge in [0, 0.05) is 37.1 Å². The number of anilines is 2. The highest BCUT2D eigenvalue weighted by Gasteiger charge is 2.09. The lowest BCUT2D eigenvalue weighted by Gasteiger charge is -2.12. The van der Waals surface area contributed by atoms with Crippen molar-refractivity contribution in [1.29, 1.82) is 0 Å². The number of nitrogens with two attached hydrogens (primary N) is 1. The lowest BCUT2D eigenvalue weighted by atomic mass is 10.1. The van der Waals surface area contributed by atoms with E-state index in [2.05, 4.69) is 0 Å². The number of hydrogen-bond donors (Lipinski definition) is 1. The second kappa shape index (κ2) is 4.98. The van der Waals surface area contributed by atoms with E-state index >= 15 is 0 Å². The van der Waals surface area contributed by atoms with Crippen LogP contribution in [0.2, 0.25) is 0 Å². The molecule has 0 unspecified atom stereocenters. The molecule has 0 radical (unpaired) electrons. The molecule has 0 atom stereocenters. The second-order valence-corrected chi connectivity index (χ2v) is 5.14. The molecule has 1 heterocycles. The van der Waals surface area contributed by atoms with E-state index in [4.69, 9.17) is 10.2 Å². The summed E-state index contributed by atoms with van der Waals surface area (Å²) >= 11 is 0. The number of nitrogen functional groups attached to an aromatic ring is 1. The van der Waals surface area contributed by atoms with E-state index in [0.29, 0.717) is 22.4 Å². The summed E-state index contributed by atoms with van der Waals surface area (Å²) in [6, 6.07) is 14.6. The van der Waals surface area contributed by atoms with Crippen LogP contribution in [0.25, 0.3) is 22.3 Å². The fourth-order valence-electron chi connectivity index (χ4n) is 2.30. The quantitative estimate of drug-likeness (QED) is 0.733. The number of fused-ring (bicyclic) bond motifs is 1. The fraction of sp³-hybridized carbons (Fsp3) is 0.118. The van der Waals surface area contributed by atoms with Gasteiger partial charge in [0.15, 0.2) is 5.43 Å². The average Bonchev–Trinajstić information content (AvgIpc) is 2.47. The maximum Gasteiger partial charge on any atom is 0.195 e. The molecule has 0 aliphatic carbocycles.